The third kappa shape index (κ3) is 2.96. The molecular weight excluding hydrogens is 260 g/mol. The summed E-state index contributed by atoms with van der Waals surface area (Å²) >= 11 is 5.96. The molecule has 3 heteroatoms. The first kappa shape index (κ1) is 13.6. The van der Waals surface area contributed by atoms with Crippen molar-refractivity contribution in [3.63, 3.8) is 0 Å². The molecule has 0 aliphatic heterocycles. The van der Waals surface area contributed by atoms with E-state index in [0.717, 1.165) is 5.56 Å². The van der Waals surface area contributed by atoms with Gasteiger partial charge in [-0.3, -0.25) is 4.79 Å². The zero-order chi connectivity index (χ0) is 13.8. The fourth-order valence-corrected chi connectivity index (χ4v) is 2.17. The van der Waals surface area contributed by atoms with Gasteiger partial charge >= 0.3 is 0 Å². The summed E-state index contributed by atoms with van der Waals surface area (Å²) < 4.78 is 5.23. The maximum atomic E-state index is 12.5. The maximum absolute atomic E-state index is 12.5. The minimum Gasteiger partial charge on any atom is -0.496 e. The Morgan fingerprint density at radius 3 is 2.47 bits per heavy atom. The predicted molar refractivity (Wildman–Crippen MR) is 77.2 cm³/mol. The van der Waals surface area contributed by atoms with Crippen molar-refractivity contribution in [2.24, 2.45) is 0 Å². The molecule has 0 fully saturated rings. The number of carbonyl (C=O) groups is 1. The van der Waals surface area contributed by atoms with Crippen LogP contribution in [0.1, 0.15) is 28.8 Å². The molecule has 19 heavy (non-hydrogen) atoms. The third-order valence-corrected chi connectivity index (χ3v) is 3.35. The van der Waals surface area contributed by atoms with Crippen LogP contribution in [0.5, 0.6) is 5.75 Å². The summed E-state index contributed by atoms with van der Waals surface area (Å²) in [6, 6.07) is 14.8. The molecule has 0 N–H and O–H groups in total. The van der Waals surface area contributed by atoms with E-state index in [1.807, 2.05) is 37.3 Å². The van der Waals surface area contributed by atoms with Gasteiger partial charge in [-0.05, 0) is 23.8 Å². The van der Waals surface area contributed by atoms with Gasteiger partial charge in [-0.25, -0.2) is 0 Å². The van der Waals surface area contributed by atoms with Crippen molar-refractivity contribution < 1.29 is 9.53 Å². The maximum Gasteiger partial charge on any atom is 0.173 e. The van der Waals surface area contributed by atoms with E-state index in [2.05, 4.69) is 0 Å². The second kappa shape index (κ2) is 5.89. The van der Waals surface area contributed by atoms with Crippen LogP contribution in [0.25, 0.3) is 0 Å². The largest absolute Gasteiger partial charge is 0.496 e. The fraction of sp³-hybridized carbons (Fsp3) is 0.188. The monoisotopic (exact) mass is 274 g/mol. The van der Waals surface area contributed by atoms with Crippen molar-refractivity contribution >= 4 is 17.4 Å². The van der Waals surface area contributed by atoms with Gasteiger partial charge < -0.3 is 4.74 Å². The zero-order valence-electron chi connectivity index (χ0n) is 10.9. The highest BCUT2D eigenvalue weighted by atomic mass is 35.5. The summed E-state index contributed by atoms with van der Waals surface area (Å²) in [6.07, 6.45) is 0. The van der Waals surface area contributed by atoms with Crippen molar-refractivity contribution in [3.05, 3.63) is 64.7 Å². The average molecular weight is 275 g/mol. The van der Waals surface area contributed by atoms with Crippen molar-refractivity contribution in [1.29, 1.82) is 0 Å². The van der Waals surface area contributed by atoms with E-state index in [0.29, 0.717) is 16.3 Å². The number of methoxy groups -OCH3 is 1. The fourth-order valence-electron chi connectivity index (χ4n) is 2.00. The molecule has 0 heterocycles. The van der Waals surface area contributed by atoms with Gasteiger partial charge in [0.25, 0.3) is 0 Å². The average Bonchev–Trinajstić information content (AvgIpc) is 2.46. The molecule has 0 spiro atoms. The molecule has 1 unspecified atom stereocenters. The summed E-state index contributed by atoms with van der Waals surface area (Å²) in [5.41, 5.74) is 1.50. The molecule has 2 rings (SSSR count). The lowest BCUT2D eigenvalue weighted by atomic mass is 9.92. The number of hydrogen-bond acceptors (Lipinski definition) is 2. The van der Waals surface area contributed by atoms with Gasteiger partial charge in [0.1, 0.15) is 5.75 Å². The standard InChI is InChI=1S/C16H15ClO2/c1-11(12-6-4-3-5-7-12)16(18)14-10-13(17)8-9-15(14)19-2/h3-11H,1-2H3. The number of ether oxygens (including phenoxy) is 1. The minimum absolute atomic E-state index is 0.00514. The molecule has 1 atom stereocenters. The van der Waals surface area contributed by atoms with Crippen LogP contribution in [0, 0.1) is 0 Å². The van der Waals surface area contributed by atoms with Crippen LogP contribution in [0.2, 0.25) is 5.02 Å². The van der Waals surface area contributed by atoms with Crippen LogP contribution in [0.4, 0.5) is 0 Å². The molecule has 0 bridgehead atoms. The first-order valence-electron chi connectivity index (χ1n) is 6.06. The lowest BCUT2D eigenvalue weighted by Crippen LogP contribution is -2.11. The lowest BCUT2D eigenvalue weighted by molar-refractivity contribution is 0.0963. The van der Waals surface area contributed by atoms with Gasteiger partial charge in [0.05, 0.1) is 12.7 Å². The summed E-state index contributed by atoms with van der Waals surface area (Å²) in [7, 11) is 1.55. The second-order valence-electron chi connectivity index (χ2n) is 4.34. The van der Waals surface area contributed by atoms with Gasteiger partial charge in [-0.15, -0.1) is 0 Å². The van der Waals surface area contributed by atoms with Crippen molar-refractivity contribution in [2.45, 2.75) is 12.8 Å². The highest BCUT2D eigenvalue weighted by molar-refractivity contribution is 6.31. The van der Waals surface area contributed by atoms with Crippen molar-refractivity contribution in [2.75, 3.05) is 7.11 Å². The molecule has 0 aliphatic carbocycles. The van der Waals surface area contributed by atoms with Crippen LogP contribution in [0.3, 0.4) is 0 Å². The summed E-state index contributed by atoms with van der Waals surface area (Å²) in [4.78, 5) is 12.5. The number of Topliss-reactive ketones (excluding diaryl/α,β-unsaturated/α-hetero) is 1. The Labute approximate surface area is 118 Å². The van der Waals surface area contributed by atoms with E-state index >= 15 is 0 Å². The molecule has 0 amide bonds. The van der Waals surface area contributed by atoms with Gasteiger partial charge in [-0.1, -0.05) is 48.9 Å². The van der Waals surface area contributed by atoms with Crippen molar-refractivity contribution in [1.82, 2.24) is 0 Å². The van der Waals surface area contributed by atoms with E-state index in [1.165, 1.54) is 0 Å². The zero-order valence-corrected chi connectivity index (χ0v) is 11.6. The number of benzene rings is 2. The van der Waals surface area contributed by atoms with Crippen LogP contribution >= 0.6 is 11.6 Å². The smallest absolute Gasteiger partial charge is 0.173 e. The first-order chi connectivity index (χ1) is 9.13. The molecule has 2 aromatic carbocycles. The molecule has 0 aromatic heterocycles. The van der Waals surface area contributed by atoms with E-state index < -0.39 is 0 Å². The molecule has 2 aromatic rings. The highest BCUT2D eigenvalue weighted by Gasteiger charge is 2.20. The molecule has 0 saturated heterocycles. The van der Waals surface area contributed by atoms with Gasteiger partial charge in [0.15, 0.2) is 5.78 Å². The van der Waals surface area contributed by atoms with Crippen LogP contribution < -0.4 is 4.74 Å². The normalized spacial score (nSPS) is 11.9. The Kier molecular flexibility index (Phi) is 4.23. The SMILES string of the molecule is COc1ccc(Cl)cc1C(=O)C(C)c1ccccc1. The Morgan fingerprint density at radius 2 is 1.84 bits per heavy atom. The molecule has 0 radical (unpaired) electrons. The Hall–Kier alpha value is -1.80. The van der Waals surface area contributed by atoms with Gasteiger partial charge in [-0.2, -0.15) is 0 Å². The van der Waals surface area contributed by atoms with E-state index in [9.17, 15) is 4.79 Å². The van der Waals surface area contributed by atoms with Crippen LogP contribution in [0.15, 0.2) is 48.5 Å². The lowest BCUT2D eigenvalue weighted by Gasteiger charge is -2.13. The minimum atomic E-state index is -0.228. The van der Waals surface area contributed by atoms with E-state index in [1.54, 1.807) is 25.3 Å². The summed E-state index contributed by atoms with van der Waals surface area (Å²) in [5.74, 6) is 0.330. The van der Waals surface area contributed by atoms with Crippen LogP contribution in [-0.4, -0.2) is 12.9 Å². The number of rotatable bonds is 4. The molecule has 98 valence electrons. The number of ketones is 1. The summed E-state index contributed by atoms with van der Waals surface area (Å²) in [5, 5.41) is 0.532. The van der Waals surface area contributed by atoms with Crippen LogP contribution in [-0.2, 0) is 0 Å². The van der Waals surface area contributed by atoms with Gasteiger partial charge in [0, 0.05) is 10.9 Å². The molecule has 0 aliphatic rings. The van der Waals surface area contributed by atoms with E-state index in [-0.39, 0.29) is 11.7 Å². The molecule has 0 saturated carbocycles. The molecule has 2 nitrogen and oxygen atoms in total. The van der Waals surface area contributed by atoms with Crippen molar-refractivity contribution in [3.8, 4) is 5.75 Å². The first-order valence-corrected chi connectivity index (χ1v) is 6.44. The quantitative estimate of drug-likeness (QED) is 0.776. The Bertz CT molecular complexity index is 579. The molecular formula is C16H15ClO2. The Morgan fingerprint density at radius 1 is 1.16 bits per heavy atom. The topological polar surface area (TPSA) is 26.3 Å². The van der Waals surface area contributed by atoms with E-state index in [4.69, 9.17) is 16.3 Å². The highest BCUT2D eigenvalue weighted by Crippen LogP contribution is 2.28. The Balaban J connectivity index is 2.37. The predicted octanol–water partition coefficient (Wildman–Crippen LogP) is 4.34. The number of hydrogen-bond donors (Lipinski definition) is 0. The second-order valence-corrected chi connectivity index (χ2v) is 4.78. The third-order valence-electron chi connectivity index (χ3n) is 3.12. The van der Waals surface area contributed by atoms with Gasteiger partial charge in [0.2, 0.25) is 0 Å². The summed E-state index contributed by atoms with van der Waals surface area (Å²) in [6.45, 7) is 1.89. The number of halogens is 1. The number of carbonyl (C=O) groups excluding carboxylic acids is 1.